The largest absolute Gasteiger partial charge is 0.490 e. The van der Waals surface area contributed by atoms with Crippen LogP contribution in [-0.2, 0) is 4.74 Å². The molecule has 0 aliphatic heterocycles. The van der Waals surface area contributed by atoms with E-state index in [1.807, 2.05) is 13.0 Å². The highest BCUT2D eigenvalue weighted by molar-refractivity contribution is 9.10. The standard InChI is InChI=1S/C18H18Br2N2O4/c1-11-3-4-12(9-14(11)19)17(23)21-22-18(24)13-5-6-16(15(20)10-13)26-8-7-25-2/h3-6,9-10H,7-8H2,1-2H3,(H,21,23)(H,22,24). The number of nitrogens with one attached hydrogen (secondary N) is 2. The van der Waals surface area contributed by atoms with Gasteiger partial charge in [0.25, 0.3) is 11.8 Å². The van der Waals surface area contributed by atoms with E-state index in [2.05, 4.69) is 42.7 Å². The van der Waals surface area contributed by atoms with Crippen LogP contribution >= 0.6 is 31.9 Å². The number of hydrogen-bond acceptors (Lipinski definition) is 4. The van der Waals surface area contributed by atoms with Gasteiger partial charge in [-0.05, 0) is 58.7 Å². The number of amides is 2. The highest BCUT2D eigenvalue weighted by Crippen LogP contribution is 2.26. The van der Waals surface area contributed by atoms with Crippen LogP contribution < -0.4 is 15.6 Å². The summed E-state index contributed by atoms with van der Waals surface area (Å²) in [6, 6.07) is 10.1. The molecule has 0 bridgehead atoms. The van der Waals surface area contributed by atoms with Crippen molar-refractivity contribution in [2.24, 2.45) is 0 Å². The number of carbonyl (C=O) groups excluding carboxylic acids is 2. The first-order valence-electron chi connectivity index (χ1n) is 7.70. The van der Waals surface area contributed by atoms with E-state index in [4.69, 9.17) is 9.47 Å². The van der Waals surface area contributed by atoms with Gasteiger partial charge in [0.1, 0.15) is 12.4 Å². The van der Waals surface area contributed by atoms with Gasteiger partial charge in [-0.3, -0.25) is 20.4 Å². The third-order valence-electron chi connectivity index (χ3n) is 3.46. The second-order valence-corrected chi connectivity index (χ2v) is 7.07. The van der Waals surface area contributed by atoms with Gasteiger partial charge >= 0.3 is 0 Å². The van der Waals surface area contributed by atoms with Gasteiger partial charge in [-0.1, -0.05) is 22.0 Å². The van der Waals surface area contributed by atoms with Gasteiger partial charge in [0.05, 0.1) is 11.1 Å². The van der Waals surface area contributed by atoms with Gasteiger partial charge in [-0.25, -0.2) is 0 Å². The molecule has 0 aromatic heterocycles. The molecule has 0 spiro atoms. The van der Waals surface area contributed by atoms with Crippen molar-refractivity contribution in [3.05, 3.63) is 62.0 Å². The van der Waals surface area contributed by atoms with Crippen LogP contribution in [0.5, 0.6) is 5.75 Å². The summed E-state index contributed by atoms with van der Waals surface area (Å²) in [6.07, 6.45) is 0. The number of halogens is 2. The average Bonchev–Trinajstić information content (AvgIpc) is 2.63. The lowest BCUT2D eigenvalue weighted by atomic mass is 10.1. The van der Waals surface area contributed by atoms with Gasteiger partial charge < -0.3 is 9.47 Å². The maximum Gasteiger partial charge on any atom is 0.269 e. The molecule has 2 rings (SSSR count). The first kappa shape index (κ1) is 20.4. The molecule has 0 aliphatic rings. The molecule has 2 amide bonds. The summed E-state index contributed by atoms with van der Waals surface area (Å²) < 4.78 is 11.9. The molecule has 138 valence electrons. The fraction of sp³-hybridized carbons (Fsp3) is 0.222. The number of hydrogen-bond donors (Lipinski definition) is 2. The Morgan fingerprint density at radius 1 is 0.923 bits per heavy atom. The summed E-state index contributed by atoms with van der Waals surface area (Å²) in [6.45, 7) is 2.80. The van der Waals surface area contributed by atoms with Crippen molar-refractivity contribution in [2.45, 2.75) is 6.92 Å². The van der Waals surface area contributed by atoms with E-state index >= 15 is 0 Å². The molecule has 0 atom stereocenters. The first-order valence-corrected chi connectivity index (χ1v) is 9.29. The second-order valence-electron chi connectivity index (χ2n) is 5.36. The summed E-state index contributed by atoms with van der Waals surface area (Å²) in [7, 11) is 1.59. The van der Waals surface area contributed by atoms with Crippen molar-refractivity contribution in [2.75, 3.05) is 20.3 Å². The van der Waals surface area contributed by atoms with Crippen molar-refractivity contribution in [3.63, 3.8) is 0 Å². The predicted molar refractivity (Wildman–Crippen MR) is 105 cm³/mol. The van der Waals surface area contributed by atoms with Crippen molar-refractivity contribution >= 4 is 43.7 Å². The number of hydrazine groups is 1. The number of ether oxygens (including phenoxy) is 2. The quantitative estimate of drug-likeness (QED) is 0.484. The van der Waals surface area contributed by atoms with Gasteiger partial charge in [0.15, 0.2) is 0 Å². The molecule has 8 heteroatoms. The van der Waals surface area contributed by atoms with Crippen molar-refractivity contribution in [3.8, 4) is 5.75 Å². The Kier molecular flexibility index (Phi) is 7.62. The SMILES string of the molecule is COCCOc1ccc(C(=O)NNC(=O)c2ccc(C)c(Br)c2)cc1Br. The molecule has 0 unspecified atom stereocenters. The van der Waals surface area contributed by atoms with Gasteiger partial charge in [0.2, 0.25) is 0 Å². The minimum Gasteiger partial charge on any atom is -0.490 e. The Bertz CT molecular complexity index is 812. The fourth-order valence-electron chi connectivity index (χ4n) is 1.99. The molecular formula is C18H18Br2N2O4. The molecule has 0 aliphatic carbocycles. The van der Waals surface area contributed by atoms with Crippen LogP contribution in [0, 0.1) is 6.92 Å². The minimum atomic E-state index is -0.436. The molecule has 0 fully saturated rings. The Balaban J connectivity index is 1.95. The Morgan fingerprint density at radius 2 is 1.50 bits per heavy atom. The second kappa shape index (κ2) is 9.70. The summed E-state index contributed by atoms with van der Waals surface area (Å²) in [5.74, 6) is -0.238. The van der Waals surface area contributed by atoms with Crippen LogP contribution in [-0.4, -0.2) is 32.1 Å². The molecule has 26 heavy (non-hydrogen) atoms. The van der Waals surface area contributed by atoms with Crippen LogP contribution in [0.15, 0.2) is 45.3 Å². The predicted octanol–water partition coefficient (Wildman–Crippen LogP) is 3.62. The maximum atomic E-state index is 12.2. The van der Waals surface area contributed by atoms with Gasteiger partial charge in [-0.2, -0.15) is 0 Å². The van der Waals surface area contributed by atoms with Crippen LogP contribution in [0.1, 0.15) is 26.3 Å². The summed E-state index contributed by atoms with van der Waals surface area (Å²) in [4.78, 5) is 24.3. The zero-order valence-corrected chi connectivity index (χ0v) is 17.4. The highest BCUT2D eigenvalue weighted by Gasteiger charge is 2.12. The van der Waals surface area contributed by atoms with Crippen LogP contribution in [0.2, 0.25) is 0 Å². The van der Waals surface area contributed by atoms with Crippen molar-refractivity contribution in [1.29, 1.82) is 0 Å². The normalized spacial score (nSPS) is 10.3. The van der Waals surface area contributed by atoms with Gasteiger partial charge in [-0.15, -0.1) is 0 Å². The van der Waals surface area contributed by atoms with Crippen LogP contribution in [0.4, 0.5) is 0 Å². The smallest absolute Gasteiger partial charge is 0.269 e. The van der Waals surface area contributed by atoms with Crippen molar-refractivity contribution in [1.82, 2.24) is 10.9 Å². The Hall–Kier alpha value is -1.90. The molecule has 2 aromatic carbocycles. The average molecular weight is 486 g/mol. The Labute approximate surface area is 168 Å². The van der Waals surface area contributed by atoms with Crippen LogP contribution in [0.25, 0.3) is 0 Å². The minimum absolute atomic E-state index is 0.376. The summed E-state index contributed by atoms with van der Waals surface area (Å²) in [5.41, 5.74) is 6.62. The number of benzene rings is 2. The Morgan fingerprint density at radius 3 is 2.04 bits per heavy atom. The van der Waals surface area contributed by atoms with E-state index in [-0.39, 0.29) is 0 Å². The third-order valence-corrected chi connectivity index (χ3v) is 4.94. The lowest BCUT2D eigenvalue weighted by molar-refractivity contribution is 0.0846. The van der Waals surface area contributed by atoms with Crippen molar-refractivity contribution < 1.29 is 19.1 Å². The monoisotopic (exact) mass is 484 g/mol. The zero-order valence-electron chi connectivity index (χ0n) is 14.3. The molecule has 0 radical (unpaired) electrons. The lowest BCUT2D eigenvalue weighted by Crippen LogP contribution is -2.41. The summed E-state index contributed by atoms with van der Waals surface area (Å²) in [5, 5.41) is 0. The maximum absolute atomic E-state index is 12.2. The third kappa shape index (κ3) is 5.55. The van der Waals surface area contributed by atoms with E-state index in [9.17, 15) is 9.59 Å². The van der Waals surface area contributed by atoms with E-state index in [0.717, 1.165) is 10.0 Å². The van der Waals surface area contributed by atoms with E-state index in [0.29, 0.717) is 34.6 Å². The molecule has 2 aromatic rings. The first-order chi connectivity index (χ1) is 12.4. The highest BCUT2D eigenvalue weighted by atomic mass is 79.9. The van der Waals surface area contributed by atoms with E-state index in [1.165, 1.54) is 0 Å². The number of aryl methyl sites for hydroxylation is 1. The van der Waals surface area contributed by atoms with E-state index < -0.39 is 11.8 Å². The molecule has 6 nitrogen and oxygen atoms in total. The van der Waals surface area contributed by atoms with Gasteiger partial charge in [0, 0.05) is 22.7 Å². The molecule has 2 N–H and O–H groups in total. The van der Waals surface area contributed by atoms with Crippen LogP contribution in [0.3, 0.4) is 0 Å². The fourth-order valence-corrected chi connectivity index (χ4v) is 2.86. The number of methoxy groups -OCH3 is 1. The molecule has 0 saturated carbocycles. The lowest BCUT2D eigenvalue weighted by Gasteiger charge is -2.11. The summed E-state index contributed by atoms with van der Waals surface area (Å²) >= 11 is 6.74. The number of rotatable bonds is 6. The molecular weight excluding hydrogens is 468 g/mol. The van der Waals surface area contributed by atoms with E-state index in [1.54, 1.807) is 37.4 Å². The molecule has 0 saturated heterocycles. The topological polar surface area (TPSA) is 76.7 Å². The number of carbonyl (C=O) groups is 2. The zero-order chi connectivity index (χ0) is 19.1. The molecule has 0 heterocycles.